The van der Waals surface area contributed by atoms with Gasteiger partial charge in [0.15, 0.2) is 17.5 Å². The molecule has 3 aromatic rings. The highest BCUT2D eigenvalue weighted by atomic mass is 127. The lowest BCUT2D eigenvalue weighted by molar-refractivity contribution is -0.139. The first kappa shape index (κ1) is 32.7. The van der Waals surface area contributed by atoms with E-state index >= 15 is 0 Å². The summed E-state index contributed by atoms with van der Waals surface area (Å²) in [6, 6.07) is 17.9. The van der Waals surface area contributed by atoms with Crippen molar-refractivity contribution in [2.24, 2.45) is 5.10 Å². The Balaban J connectivity index is 1.37. The number of rotatable bonds is 11. The quantitative estimate of drug-likeness (QED) is 0.0696. The van der Waals surface area contributed by atoms with Crippen LogP contribution in [0.4, 0.5) is 0 Å². The third-order valence-electron chi connectivity index (χ3n) is 6.07. The topological polar surface area (TPSA) is 110 Å². The maximum Gasteiger partial charge on any atom is 0.338 e. The molecule has 0 spiro atoms. The first-order chi connectivity index (χ1) is 20.7. The van der Waals surface area contributed by atoms with Crippen LogP contribution in [0.1, 0.15) is 36.6 Å². The van der Waals surface area contributed by atoms with Gasteiger partial charge in [0.2, 0.25) is 0 Å². The molecule has 0 bridgehead atoms. The summed E-state index contributed by atoms with van der Waals surface area (Å²) < 4.78 is 18.8. The van der Waals surface area contributed by atoms with Gasteiger partial charge in [-0.2, -0.15) is 5.10 Å². The van der Waals surface area contributed by atoms with Gasteiger partial charge in [0.05, 0.1) is 33.9 Å². The summed E-state index contributed by atoms with van der Waals surface area (Å²) in [5, 5.41) is 10.8. The van der Waals surface area contributed by atoms with E-state index in [0.29, 0.717) is 55.1 Å². The Morgan fingerprint density at radius 3 is 2.63 bits per heavy atom. The normalized spacial score (nSPS) is 14.6. The molecular weight excluding hydrogens is 771 g/mol. The largest absolute Gasteiger partial charge is 0.486 e. The van der Waals surface area contributed by atoms with Crippen LogP contribution in [0.15, 0.2) is 81.5 Å². The van der Waals surface area contributed by atoms with Crippen molar-refractivity contribution in [2.75, 3.05) is 13.2 Å². The van der Waals surface area contributed by atoms with Crippen molar-refractivity contribution in [2.45, 2.75) is 26.5 Å². The van der Waals surface area contributed by atoms with E-state index < -0.39 is 17.9 Å². The molecule has 3 N–H and O–H groups in total. The SMILES string of the molecule is CCOC(=O)C1=C(C)NC(=S)N[C@@H]1c1ccccc1OCC(=O)NN=Cc1cc(Cl)c(OCc2ccc(I)cc2)c(Br)c1. The molecule has 0 saturated carbocycles. The van der Waals surface area contributed by atoms with Gasteiger partial charge in [-0.25, -0.2) is 10.2 Å². The fourth-order valence-electron chi connectivity index (χ4n) is 4.14. The molecular formula is C30H27BrClIN4O5S. The first-order valence-electron chi connectivity index (χ1n) is 13.0. The van der Waals surface area contributed by atoms with E-state index in [1.807, 2.05) is 24.3 Å². The predicted octanol–water partition coefficient (Wildman–Crippen LogP) is 6.17. The molecule has 0 aliphatic carbocycles. The number of carbonyl (C=O) groups excluding carboxylic acids is 2. The number of hydrazone groups is 1. The number of hydrogen-bond acceptors (Lipinski definition) is 7. The Morgan fingerprint density at radius 1 is 1.16 bits per heavy atom. The summed E-state index contributed by atoms with van der Waals surface area (Å²) in [6.07, 6.45) is 1.46. The molecule has 1 amide bonds. The van der Waals surface area contributed by atoms with E-state index in [0.717, 1.165) is 9.13 Å². The summed E-state index contributed by atoms with van der Waals surface area (Å²) >= 11 is 17.5. The van der Waals surface area contributed by atoms with Gasteiger partial charge in [-0.1, -0.05) is 41.9 Å². The number of amides is 1. The third kappa shape index (κ3) is 8.91. The summed E-state index contributed by atoms with van der Waals surface area (Å²) in [7, 11) is 0. The van der Waals surface area contributed by atoms with Gasteiger partial charge in [-0.15, -0.1) is 0 Å². The van der Waals surface area contributed by atoms with Crippen LogP contribution in [0.5, 0.6) is 11.5 Å². The number of esters is 1. The Labute approximate surface area is 281 Å². The van der Waals surface area contributed by atoms with Crippen molar-refractivity contribution < 1.29 is 23.8 Å². The fourth-order valence-corrected chi connectivity index (χ4v) is 5.76. The number of halogens is 3. The monoisotopic (exact) mass is 796 g/mol. The molecule has 1 aliphatic heterocycles. The number of nitrogens with zero attached hydrogens (tertiary/aromatic N) is 1. The predicted molar refractivity (Wildman–Crippen MR) is 181 cm³/mol. The molecule has 0 unspecified atom stereocenters. The molecule has 13 heteroatoms. The Hall–Kier alpha value is -3.20. The second-order valence-corrected chi connectivity index (χ2v) is 12.1. The minimum atomic E-state index is -0.628. The smallest absolute Gasteiger partial charge is 0.338 e. The third-order valence-corrected chi connectivity index (χ3v) is 7.88. The standard InChI is InChI=1S/C30H27BrClIN4O5S/c1-3-40-29(39)26-17(2)35-30(43)36-27(26)21-6-4-5-7-24(21)41-16-25(38)37-34-14-19-12-22(31)28(23(32)13-19)42-15-18-8-10-20(33)11-9-18/h4-14,27H,3,15-16H2,1-2H3,(H,37,38)(H2,35,36,43)/t27-/m1/s1. The number of hydrogen-bond donors (Lipinski definition) is 3. The van der Waals surface area contributed by atoms with Crippen LogP contribution in [0.2, 0.25) is 5.02 Å². The minimum absolute atomic E-state index is 0.223. The molecule has 0 fully saturated rings. The van der Waals surface area contributed by atoms with E-state index in [4.69, 9.17) is 38.0 Å². The van der Waals surface area contributed by atoms with Crippen molar-refractivity contribution in [3.05, 3.63) is 102 Å². The van der Waals surface area contributed by atoms with Gasteiger partial charge in [-0.05, 0) is 106 Å². The van der Waals surface area contributed by atoms with Crippen LogP contribution in [0.3, 0.4) is 0 Å². The van der Waals surface area contributed by atoms with Gasteiger partial charge in [-0.3, -0.25) is 4.79 Å². The van der Waals surface area contributed by atoms with E-state index in [1.165, 1.54) is 6.21 Å². The lowest BCUT2D eigenvalue weighted by Crippen LogP contribution is -2.45. The van der Waals surface area contributed by atoms with Crippen LogP contribution < -0.4 is 25.5 Å². The molecule has 0 saturated heterocycles. The lowest BCUT2D eigenvalue weighted by Gasteiger charge is -2.30. The highest BCUT2D eigenvalue weighted by molar-refractivity contribution is 14.1. The van der Waals surface area contributed by atoms with Crippen LogP contribution in [0, 0.1) is 3.57 Å². The fraction of sp³-hybridized carbons (Fsp3) is 0.200. The second kappa shape index (κ2) is 15.5. The molecule has 1 aliphatic rings. The van der Waals surface area contributed by atoms with E-state index in [-0.39, 0.29) is 13.2 Å². The van der Waals surface area contributed by atoms with Crippen molar-refractivity contribution in [3.63, 3.8) is 0 Å². The second-order valence-electron chi connectivity index (χ2n) is 9.14. The zero-order chi connectivity index (χ0) is 30.9. The van der Waals surface area contributed by atoms with Crippen LogP contribution in [-0.4, -0.2) is 36.4 Å². The molecule has 1 atom stereocenters. The molecule has 0 aromatic heterocycles. The summed E-state index contributed by atoms with van der Waals surface area (Å²) in [5.74, 6) is -0.0601. The van der Waals surface area contributed by atoms with Crippen LogP contribution >= 0.6 is 62.3 Å². The van der Waals surface area contributed by atoms with E-state index in [2.05, 4.69) is 59.7 Å². The summed E-state index contributed by atoms with van der Waals surface area (Å²) in [6.45, 7) is 3.75. The average Bonchev–Trinajstić information content (AvgIpc) is 2.96. The number of thiocarbonyl (C=S) groups is 1. The highest BCUT2D eigenvalue weighted by Gasteiger charge is 2.32. The molecule has 224 valence electrons. The highest BCUT2D eigenvalue weighted by Crippen LogP contribution is 2.35. The maximum atomic E-state index is 12.7. The van der Waals surface area contributed by atoms with Crippen molar-refractivity contribution in [3.8, 4) is 11.5 Å². The Bertz CT molecular complexity index is 1560. The average molecular weight is 798 g/mol. The summed E-state index contributed by atoms with van der Waals surface area (Å²) in [5.41, 5.74) is 5.68. The number of allylic oxidation sites excluding steroid dienone is 1. The van der Waals surface area contributed by atoms with Crippen molar-refractivity contribution in [1.82, 2.24) is 16.1 Å². The Morgan fingerprint density at radius 2 is 1.91 bits per heavy atom. The van der Waals surface area contributed by atoms with Crippen molar-refractivity contribution >= 4 is 85.5 Å². The van der Waals surface area contributed by atoms with Crippen LogP contribution in [-0.2, 0) is 20.9 Å². The minimum Gasteiger partial charge on any atom is -0.486 e. The molecule has 1 heterocycles. The number of benzene rings is 3. The van der Waals surface area contributed by atoms with Gasteiger partial charge in [0, 0.05) is 14.8 Å². The molecule has 43 heavy (non-hydrogen) atoms. The lowest BCUT2D eigenvalue weighted by atomic mass is 9.95. The van der Waals surface area contributed by atoms with Crippen molar-refractivity contribution in [1.29, 1.82) is 0 Å². The van der Waals surface area contributed by atoms with E-state index in [1.54, 1.807) is 50.2 Å². The van der Waals surface area contributed by atoms with E-state index in [9.17, 15) is 9.59 Å². The Kier molecular flexibility index (Phi) is 11.8. The van der Waals surface area contributed by atoms with Gasteiger partial charge in [0.25, 0.3) is 5.91 Å². The van der Waals surface area contributed by atoms with Gasteiger partial charge >= 0.3 is 5.97 Å². The number of ether oxygens (including phenoxy) is 3. The van der Waals surface area contributed by atoms with Crippen LogP contribution in [0.25, 0.3) is 0 Å². The zero-order valence-corrected chi connectivity index (χ0v) is 28.4. The first-order valence-corrected chi connectivity index (χ1v) is 15.7. The zero-order valence-electron chi connectivity index (χ0n) is 23.1. The van der Waals surface area contributed by atoms with Gasteiger partial charge < -0.3 is 24.8 Å². The van der Waals surface area contributed by atoms with Gasteiger partial charge in [0.1, 0.15) is 12.4 Å². The molecule has 3 aromatic carbocycles. The summed E-state index contributed by atoms with van der Waals surface area (Å²) in [4.78, 5) is 25.3. The molecule has 0 radical (unpaired) electrons. The molecule has 9 nitrogen and oxygen atoms in total. The number of nitrogens with one attached hydrogen (secondary N) is 3. The number of para-hydroxylation sites is 1. The molecule has 4 rings (SSSR count). The number of carbonyl (C=O) groups is 2. The maximum absolute atomic E-state index is 12.7.